The number of carbonyl (C=O) groups is 1. The Kier molecular flexibility index (Phi) is 8.08. The van der Waals surface area contributed by atoms with Crippen LogP contribution in [-0.4, -0.2) is 33.3 Å². The molecule has 1 aromatic carbocycles. The molecule has 9 heteroatoms. The monoisotopic (exact) mass is 476 g/mol. The number of carbonyl (C=O) groups excluding carboxylic acids is 1. The quantitative estimate of drug-likeness (QED) is 0.554. The number of sulfonamides is 1. The molecule has 7 nitrogen and oxygen atoms in total. The molecule has 2 heterocycles. The summed E-state index contributed by atoms with van der Waals surface area (Å²) in [5.41, 5.74) is 0.372. The van der Waals surface area contributed by atoms with Gasteiger partial charge < -0.3 is 10.6 Å². The van der Waals surface area contributed by atoms with Gasteiger partial charge in [-0.2, -0.15) is 0 Å². The first kappa shape index (κ1) is 24.4. The van der Waals surface area contributed by atoms with Crippen molar-refractivity contribution in [2.45, 2.75) is 57.4 Å². The van der Waals surface area contributed by atoms with Gasteiger partial charge in [-0.1, -0.05) is 39.3 Å². The Morgan fingerprint density at radius 3 is 2.69 bits per heavy atom. The zero-order valence-electron chi connectivity index (χ0n) is 18.8. The highest BCUT2D eigenvalue weighted by Gasteiger charge is 2.27. The normalized spacial score (nSPS) is 16.0. The molecular weight excluding hydrogens is 444 g/mol. The highest BCUT2D eigenvalue weighted by atomic mass is 32.2. The second kappa shape index (κ2) is 10.6. The molecule has 0 bridgehead atoms. The molecule has 3 N–H and O–H groups in total. The van der Waals surface area contributed by atoms with E-state index in [1.807, 2.05) is 11.4 Å². The van der Waals surface area contributed by atoms with Crippen LogP contribution in [0.3, 0.4) is 0 Å². The van der Waals surface area contributed by atoms with Crippen LogP contribution in [0.25, 0.3) is 0 Å². The van der Waals surface area contributed by atoms with Crippen LogP contribution in [0.1, 0.15) is 57.4 Å². The Morgan fingerprint density at radius 2 is 1.97 bits per heavy atom. The minimum atomic E-state index is -3.76. The molecule has 0 saturated carbocycles. The molecule has 174 valence electrons. The number of rotatable bonds is 7. The summed E-state index contributed by atoms with van der Waals surface area (Å²) in [6, 6.07) is 10.4. The van der Waals surface area contributed by atoms with Crippen molar-refractivity contribution in [2.24, 2.45) is 10.4 Å². The van der Waals surface area contributed by atoms with Crippen LogP contribution in [0.15, 0.2) is 51.7 Å². The first-order chi connectivity index (χ1) is 15.1. The van der Waals surface area contributed by atoms with E-state index < -0.39 is 10.0 Å². The van der Waals surface area contributed by atoms with Crippen LogP contribution in [0.5, 0.6) is 0 Å². The smallest absolute Gasteiger partial charge is 0.262 e. The van der Waals surface area contributed by atoms with Gasteiger partial charge in [0.25, 0.3) is 10.0 Å². The molecule has 0 aliphatic carbocycles. The van der Waals surface area contributed by atoms with E-state index in [1.165, 1.54) is 17.0 Å². The summed E-state index contributed by atoms with van der Waals surface area (Å²) >= 11 is 1.66. The van der Waals surface area contributed by atoms with Crippen LogP contribution in [-0.2, 0) is 14.8 Å². The molecule has 0 radical (unpaired) electrons. The number of amides is 1. The topological polar surface area (TPSA) is 99.7 Å². The third kappa shape index (κ3) is 6.88. The zero-order valence-corrected chi connectivity index (χ0v) is 20.5. The van der Waals surface area contributed by atoms with Crippen molar-refractivity contribution in [2.75, 3.05) is 18.4 Å². The minimum absolute atomic E-state index is 0.0320. The van der Waals surface area contributed by atoms with E-state index in [0.717, 1.165) is 19.3 Å². The summed E-state index contributed by atoms with van der Waals surface area (Å²) < 4.78 is 28.2. The number of anilines is 1. The number of amidine groups is 1. The summed E-state index contributed by atoms with van der Waals surface area (Å²) in [5.74, 6) is 0.273. The van der Waals surface area contributed by atoms with Gasteiger partial charge in [0.15, 0.2) is 0 Å². The second-order valence-electron chi connectivity index (χ2n) is 9.02. The summed E-state index contributed by atoms with van der Waals surface area (Å²) in [4.78, 5) is 18.2. The number of aliphatic imine (C=N–C) groups is 1. The van der Waals surface area contributed by atoms with Crippen molar-refractivity contribution in [1.29, 1.82) is 0 Å². The molecule has 1 amide bonds. The van der Waals surface area contributed by atoms with E-state index >= 15 is 0 Å². The molecule has 32 heavy (non-hydrogen) atoms. The molecule has 0 spiro atoms. The molecular formula is C23H32N4O3S2. The Balaban J connectivity index is 1.63. The molecule has 1 aromatic heterocycles. The van der Waals surface area contributed by atoms with Gasteiger partial charge in [0, 0.05) is 29.6 Å². The van der Waals surface area contributed by atoms with Crippen molar-refractivity contribution >= 4 is 38.8 Å². The van der Waals surface area contributed by atoms with Crippen LogP contribution in [0.2, 0.25) is 0 Å². The third-order valence-corrected chi connectivity index (χ3v) is 7.53. The number of thiophene rings is 1. The minimum Gasteiger partial charge on any atom is -0.325 e. The second-order valence-corrected chi connectivity index (χ2v) is 11.7. The summed E-state index contributed by atoms with van der Waals surface area (Å²) in [7, 11) is -3.76. The van der Waals surface area contributed by atoms with Gasteiger partial charge in [0.2, 0.25) is 5.91 Å². The van der Waals surface area contributed by atoms with Crippen molar-refractivity contribution in [3.63, 3.8) is 0 Å². The van der Waals surface area contributed by atoms with Gasteiger partial charge in [0.1, 0.15) is 5.84 Å². The van der Waals surface area contributed by atoms with E-state index in [0.29, 0.717) is 24.5 Å². The largest absolute Gasteiger partial charge is 0.325 e. The van der Waals surface area contributed by atoms with Crippen LogP contribution in [0.4, 0.5) is 5.69 Å². The number of hydrogen-bond acceptors (Lipinski definition) is 6. The third-order valence-electron chi connectivity index (χ3n) is 5.22. The zero-order chi connectivity index (χ0) is 23.2. The lowest BCUT2D eigenvalue weighted by molar-refractivity contribution is -0.115. The lowest BCUT2D eigenvalue weighted by atomic mass is 9.86. The van der Waals surface area contributed by atoms with E-state index in [9.17, 15) is 13.2 Å². The molecule has 3 rings (SSSR count). The lowest BCUT2D eigenvalue weighted by Gasteiger charge is -2.30. The first-order valence-electron chi connectivity index (χ1n) is 10.9. The maximum Gasteiger partial charge on any atom is 0.262 e. The average Bonchev–Trinajstić information content (AvgIpc) is 3.11. The van der Waals surface area contributed by atoms with E-state index in [2.05, 4.69) is 47.2 Å². The Labute approximate surface area is 194 Å². The fourth-order valence-corrected chi connectivity index (χ4v) is 5.78. The predicted molar refractivity (Wildman–Crippen MR) is 131 cm³/mol. The van der Waals surface area contributed by atoms with E-state index in [4.69, 9.17) is 0 Å². The van der Waals surface area contributed by atoms with Crippen molar-refractivity contribution < 1.29 is 13.2 Å². The van der Waals surface area contributed by atoms with Gasteiger partial charge in [-0.15, -0.1) is 11.3 Å². The summed E-state index contributed by atoms with van der Waals surface area (Å²) in [6.45, 7) is 7.14. The average molecular weight is 477 g/mol. The molecule has 1 unspecified atom stereocenters. The van der Waals surface area contributed by atoms with Crippen LogP contribution >= 0.6 is 11.3 Å². The van der Waals surface area contributed by atoms with Gasteiger partial charge in [-0.3, -0.25) is 14.5 Å². The molecule has 1 aliphatic rings. The number of nitrogens with one attached hydrogen (secondary N) is 3. The number of nitrogens with zero attached hydrogens (tertiary/aromatic N) is 1. The first-order valence-corrected chi connectivity index (χ1v) is 13.2. The molecule has 0 saturated heterocycles. The van der Waals surface area contributed by atoms with Gasteiger partial charge in [-0.05, 0) is 47.9 Å². The fourth-order valence-electron chi connectivity index (χ4n) is 3.60. The predicted octanol–water partition coefficient (Wildman–Crippen LogP) is 4.31. The van der Waals surface area contributed by atoms with Crippen LogP contribution < -0.4 is 15.4 Å². The maximum absolute atomic E-state index is 12.8. The van der Waals surface area contributed by atoms with E-state index in [1.54, 1.807) is 23.5 Å². The molecule has 2 aromatic rings. The van der Waals surface area contributed by atoms with Gasteiger partial charge >= 0.3 is 0 Å². The number of benzene rings is 1. The highest BCUT2D eigenvalue weighted by molar-refractivity contribution is 7.90. The van der Waals surface area contributed by atoms with Crippen molar-refractivity contribution in [3.05, 3.63) is 46.7 Å². The molecule has 0 fully saturated rings. The summed E-state index contributed by atoms with van der Waals surface area (Å²) in [6.07, 6.45) is 3.57. The van der Waals surface area contributed by atoms with Gasteiger partial charge in [-0.25, -0.2) is 8.42 Å². The maximum atomic E-state index is 12.8. The summed E-state index contributed by atoms with van der Waals surface area (Å²) in [5, 5.41) is 8.16. The fraction of sp³-hybridized carbons (Fsp3) is 0.478. The van der Waals surface area contributed by atoms with E-state index in [-0.39, 0.29) is 28.8 Å². The SMILES string of the molecule is CC(C)(C)C(NCC(=O)Nc1cccc(S(=O)(=O)NC2=NCCCCC2)c1)c1cccs1. The standard InChI is InChI=1S/C23H32N4O3S2/c1-23(2,3)22(19-11-8-14-31-19)25-16-21(28)26-17-9-7-10-18(15-17)32(29,30)27-20-12-5-4-6-13-24-20/h7-11,14-15,22,25H,4-6,12-13,16H2,1-3H3,(H,24,27)(H,26,28). The number of hydrogen-bond donors (Lipinski definition) is 3. The Hall–Kier alpha value is -2.23. The highest BCUT2D eigenvalue weighted by Crippen LogP contribution is 2.34. The van der Waals surface area contributed by atoms with Crippen molar-refractivity contribution in [3.8, 4) is 0 Å². The Morgan fingerprint density at radius 1 is 1.16 bits per heavy atom. The Bertz CT molecular complexity index is 1040. The lowest BCUT2D eigenvalue weighted by Crippen LogP contribution is -2.37. The molecule has 1 aliphatic heterocycles. The molecule has 1 atom stereocenters. The van der Waals surface area contributed by atoms with Crippen molar-refractivity contribution in [1.82, 2.24) is 10.0 Å². The van der Waals surface area contributed by atoms with Crippen LogP contribution in [0, 0.1) is 5.41 Å². The van der Waals surface area contributed by atoms with Gasteiger partial charge in [0.05, 0.1) is 11.4 Å².